The van der Waals surface area contributed by atoms with Crippen molar-refractivity contribution in [1.82, 2.24) is 0 Å². The molecule has 0 amide bonds. The Morgan fingerprint density at radius 3 is 2.41 bits per heavy atom. The number of carbonyl (C=O) groups excluding carboxylic acids is 1. The topological polar surface area (TPSA) is 17.1 Å². The Labute approximate surface area is 101 Å². The van der Waals surface area contributed by atoms with Crippen molar-refractivity contribution in [2.45, 2.75) is 31.6 Å². The zero-order chi connectivity index (χ0) is 11.9. The van der Waals surface area contributed by atoms with Crippen LogP contribution in [0.1, 0.15) is 30.4 Å². The molecule has 17 heavy (non-hydrogen) atoms. The standard InChI is InChI=1S/C16H16O/c1-12-3-4-14-10-15(6-5-13(14)9-12)16(11-17)7-2-8-16/h3-6,9-11H,2,7-8H2,1H3. The average molecular weight is 224 g/mol. The summed E-state index contributed by atoms with van der Waals surface area (Å²) < 4.78 is 0. The van der Waals surface area contributed by atoms with Crippen LogP contribution in [0.2, 0.25) is 0 Å². The van der Waals surface area contributed by atoms with Gasteiger partial charge in [-0.1, -0.05) is 48.4 Å². The third kappa shape index (κ3) is 1.57. The van der Waals surface area contributed by atoms with E-state index in [2.05, 4.69) is 43.3 Å². The molecule has 0 aliphatic heterocycles. The van der Waals surface area contributed by atoms with Gasteiger partial charge in [0.15, 0.2) is 0 Å². The third-order valence-electron chi connectivity index (χ3n) is 4.04. The molecule has 3 rings (SSSR count). The van der Waals surface area contributed by atoms with Crippen LogP contribution >= 0.6 is 0 Å². The Morgan fingerprint density at radius 1 is 1.06 bits per heavy atom. The van der Waals surface area contributed by atoms with Crippen molar-refractivity contribution < 1.29 is 4.79 Å². The molecule has 1 nitrogen and oxygen atoms in total. The molecule has 0 aromatic heterocycles. The molecule has 0 unspecified atom stereocenters. The van der Waals surface area contributed by atoms with Crippen molar-refractivity contribution in [2.24, 2.45) is 0 Å². The SMILES string of the molecule is Cc1ccc2cc(C3(C=O)CCC3)ccc2c1. The lowest BCUT2D eigenvalue weighted by Crippen LogP contribution is -2.35. The minimum absolute atomic E-state index is 0.181. The van der Waals surface area contributed by atoms with Gasteiger partial charge in [-0.15, -0.1) is 0 Å². The van der Waals surface area contributed by atoms with Crippen LogP contribution in [-0.4, -0.2) is 6.29 Å². The molecule has 1 aliphatic carbocycles. The molecule has 1 saturated carbocycles. The van der Waals surface area contributed by atoms with E-state index < -0.39 is 0 Å². The molecule has 0 N–H and O–H groups in total. The summed E-state index contributed by atoms with van der Waals surface area (Å²) in [6.45, 7) is 2.10. The lowest BCUT2D eigenvalue weighted by atomic mass is 9.65. The van der Waals surface area contributed by atoms with Gasteiger partial charge in [0.05, 0.1) is 5.41 Å². The smallest absolute Gasteiger partial charge is 0.130 e. The van der Waals surface area contributed by atoms with E-state index >= 15 is 0 Å². The number of aldehydes is 1. The molecule has 2 aromatic carbocycles. The first-order valence-electron chi connectivity index (χ1n) is 6.21. The highest BCUT2D eigenvalue weighted by molar-refractivity contribution is 5.85. The summed E-state index contributed by atoms with van der Waals surface area (Å²) in [7, 11) is 0. The highest BCUT2D eigenvalue weighted by atomic mass is 16.1. The zero-order valence-electron chi connectivity index (χ0n) is 10.1. The van der Waals surface area contributed by atoms with E-state index in [1.54, 1.807) is 0 Å². The Morgan fingerprint density at radius 2 is 1.76 bits per heavy atom. The van der Waals surface area contributed by atoms with Crippen LogP contribution in [0.5, 0.6) is 0 Å². The van der Waals surface area contributed by atoms with E-state index in [4.69, 9.17) is 0 Å². The predicted molar refractivity (Wildman–Crippen MR) is 70.3 cm³/mol. The molecular weight excluding hydrogens is 208 g/mol. The van der Waals surface area contributed by atoms with Gasteiger partial charge in [0.25, 0.3) is 0 Å². The lowest BCUT2D eigenvalue weighted by Gasteiger charge is -2.37. The first-order valence-corrected chi connectivity index (χ1v) is 6.21. The van der Waals surface area contributed by atoms with Gasteiger partial charge in [0, 0.05) is 0 Å². The first kappa shape index (κ1) is 10.5. The van der Waals surface area contributed by atoms with E-state index in [1.807, 2.05) is 0 Å². The fourth-order valence-electron chi connectivity index (χ4n) is 2.71. The minimum Gasteiger partial charge on any atom is -0.302 e. The highest BCUT2D eigenvalue weighted by Crippen LogP contribution is 2.42. The van der Waals surface area contributed by atoms with Crippen molar-refractivity contribution in [1.29, 1.82) is 0 Å². The second-order valence-corrected chi connectivity index (χ2v) is 5.19. The molecule has 0 bridgehead atoms. The average Bonchev–Trinajstić information content (AvgIpc) is 2.28. The van der Waals surface area contributed by atoms with Gasteiger partial charge < -0.3 is 4.79 Å². The van der Waals surface area contributed by atoms with E-state index in [0.29, 0.717) is 0 Å². The van der Waals surface area contributed by atoms with Crippen molar-refractivity contribution in [3.8, 4) is 0 Å². The number of carbonyl (C=O) groups is 1. The van der Waals surface area contributed by atoms with Crippen LogP contribution < -0.4 is 0 Å². The number of hydrogen-bond acceptors (Lipinski definition) is 1. The number of fused-ring (bicyclic) bond motifs is 1. The van der Waals surface area contributed by atoms with Crippen LogP contribution in [0.15, 0.2) is 36.4 Å². The normalized spacial score (nSPS) is 17.7. The maximum Gasteiger partial charge on any atom is 0.130 e. The van der Waals surface area contributed by atoms with E-state index in [1.165, 1.54) is 28.3 Å². The quantitative estimate of drug-likeness (QED) is 0.710. The van der Waals surface area contributed by atoms with E-state index in [0.717, 1.165) is 19.1 Å². The Balaban J connectivity index is 2.13. The summed E-state index contributed by atoms with van der Waals surface area (Å²) in [5, 5.41) is 2.50. The number of benzene rings is 2. The lowest BCUT2D eigenvalue weighted by molar-refractivity contribution is -0.115. The molecular formula is C16H16O. The van der Waals surface area contributed by atoms with Gasteiger partial charge in [0.1, 0.15) is 6.29 Å². The Kier molecular flexibility index (Phi) is 2.29. The van der Waals surface area contributed by atoms with Crippen molar-refractivity contribution in [3.63, 3.8) is 0 Å². The maximum atomic E-state index is 11.3. The molecule has 0 radical (unpaired) electrons. The summed E-state index contributed by atoms with van der Waals surface area (Å²) in [5.41, 5.74) is 2.29. The molecule has 1 heteroatoms. The number of aryl methyl sites for hydroxylation is 1. The molecule has 0 spiro atoms. The number of hydrogen-bond donors (Lipinski definition) is 0. The van der Waals surface area contributed by atoms with Crippen LogP contribution in [-0.2, 0) is 10.2 Å². The largest absolute Gasteiger partial charge is 0.302 e. The van der Waals surface area contributed by atoms with Crippen molar-refractivity contribution >= 4 is 17.1 Å². The van der Waals surface area contributed by atoms with Gasteiger partial charge in [-0.25, -0.2) is 0 Å². The van der Waals surface area contributed by atoms with Gasteiger partial charge in [-0.05, 0) is 36.1 Å². The monoisotopic (exact) mass is 224 g/mol. The maximum absolute atomic E-state index is 11.3. The van der Waals surface area contributed by atoms with Gasteiger partial charge in [-0.2, -0.15) is 0 Å². The summed E-state index contributed by atoms with van der Waals surface area (Å²) >= 11 is 0. The molecule has 0 saturated heterocycles. The summed E-state index contributed by atoms with van der Waals surface area (Å²) in [4.78, 5) is 11.3. The Hall–Kier alpha value is -1.63. The van der Waals surface area contributed by atoms with Crippen LogP contribution in [0.25, 0.3) is 10.8 Å². The van der Waals surface area contributed by atoms with Crippen LogP contribution in [0.4, 0.5) is 0 Å². The predicted octanol–water partition coefficient (Wildman–Crippen LogP) is 3.77. The highest BCUT2D eigenvalue weighted by Gasteiger charge is 2.38. The van der Waals surface area contributed by atoms with Crippen LogP contribution in [0.3, 0.4) is 0 Å². The van der Waals surface area contributed by atoms with Crippen LogP contribution in [0, 0.1) is 6.92 Å². The fourth-order valence-corrected chi connectivity index (χ4v) is 2.71. The molecule has 1 aliphatic rings. The molecule has 86 valence electrons. The number of rotatable bonds is 2. The minimum atomic E-state index is -0.181. The molecule has 0 atom stereocenters. The zero-order valence-corrected chi connectivity index (χ0v) is 10.1. The van der Waals surface area contributed by atoms with Crippen molar-refractivity contribution in [2.75, 3.05) is 0 Å². The molecule has 0 heterocycles. The second kappa shape index (κ2) is 3.69. The van der Waals surface area contributed by atoms with Gasteiger partial charge in [0.2, 0.25) is 0 Å². The van der Waals surface area contributed by atoms with Crippen molar-refractivity contribution in [3.05, 3.63) is 47.5 Å². The summed E-state index contributed by atoms with van der Waals surface area (Å²) in [5.74, 6) is 0. The summed E-state index contributed by atoms with van der Waals surface area (Å²) in [6.07, 6.45) is 4.33. The first-order chi connectivity index (χ1) is 8.23. The van der Waals surface area contributed by atoms with Gasteiger partial charge >= 0.3 is 0 Å². The van der Waals surface area contributed by atoms with E-state index in [9.17, 15) is 4.79 Å². The fraction of sp³-hybridized carbons (Fsp3) is 0.312. The van der Waals surface area contributed by atoms with Gasteiger partial charge in [-0.3, -0.25) is 0 Å². The Bertz CT molecular complexity index is 579. The molecule has 2 aromatic rings. The third-order valence-corrected chi connectivity index (χ3v) is 4.04. The summed E-state index contributed by atoms with van der Waals surface area (Å²) in [6, 6.07) is 12.9. The van der Waals surface area contributed by atoms with E-state index in [-0.39, 0.29) is 5.41 Å². The molecule has 1 fully saturated rings. The second-order valence-electron chi connectivity index (χ2n) is 5.19.